The molecule has 0 saturated heterocycles. The van der Waals surface area contributed by atoms with Crippen molar-refractivity contribution < 1.29 is 14.3 Å². The Bertz CT molecular complexity index is 766. The van der Waals surface area contributed by atoms with Gasteiger partial charge >= 0.3 is 0 Å². The number of hydrogen-bond acceptors (Lipinski definition) is 8. The van der Waals surface area contributed by atoms with E-state index in [-0.39, 0.29) is 11.2 Å². The molecule has 0 radical (unpaired) electrons. The molecule has 1 atom stereocenters. The molecule has 7 nitrogen and oxygen atoms in total. The van der Waals surface area contributed by atoms with Crippen LogP contribution in [0.2, 0.25) is 0 Å². The number of carbonyl (C=O) groups excluding carboxylic acids is 1. The third kappa shape index (κ3) is 4.64. The van der Waals surface area contributed by atoms with E-state index in [9.17, 15) is 4.79 Å². The molecule has 0 aliphatic carbocycles. The predicted octanol–water partition coefficient (Wildman–Crippen LogP) is 3.03. The van der Waals surface area contributed by atoms with Crippen LogP contribution in [0.25, 0.3) is 0 Å². The second-order valence-corrected chi connectivity index (χ2v) is 7.72. The molecule has 0 fully saturated rings. The average Bonchev–Trinajstić information content (AvgIpc) is 3.07. The fourth-order valence-corrected chi connectivity index (χ4v) is 3.96. The van der Waals surface area contributed by atoms with Crippen LogP contribution in [0, 0.1) is 0 Å². The minimum Gasteiger partial charge on any atom is -0.486 e. The van der Waals surface area contributed by atoms with E-state index in [1.54, 1.807) is 24.3 Å². The van der Waals surface area contributed by atoms with Gasteiger partial charge in [0.15, 0.2) is 15.8 Å². The molecule has 0 unspecified atom stereocenters. The van der Waals surface area contributed by atoms with Gasteiger partial charge < -0.3 is 20.1 Å². The fraction of sp³-hybridized carbons (Fsp3) is 0.312. The highest BCUT2D eigenvalue weighted by Crippen LogP contribution is 2.33. The molecular weight excluding hydrogens is 360 g/mol. The number of anilines is 2. The summed E-state index contributed by atoms with van der Waals surface area (Å²) in [5, 5.41) is 14.5. The van der Waals surface area contributed by atoms with Crippen LogP contribution in [-0.4, -0.2) is 41.1 Å². The van der Waals surface area contributed by atoms with Gasteiger partial charge in [0.1, 0.15) is 13.2 Å². The van der Waals surface area contributed by atoms with E-state index < -0.39 is 0 Å². The van der Waals surface area contributed by atoms with Gasteiger partial charge in [0.25, 0.3) is 0 Å². The van der Waals surface area contributed by atoms with Crippen molar-refractivity contribution in [2.75, 3.05) is 30.4 Å². The molecule has 0 bridgehead atoms. The topological polar surface area (TPSA) is 85.4 Å². The quantitative estimate of drug-likeness (QED) is 0.566. The number of rotatable bonds is 7. The molecule has 132 valence electrons. The molecule has 25 heavy (non-hydrogen) atoms. The lowest BCUT2D eigenvalue weighted by atomic mass is 10.2. The summed E-state index contributed by atoms with van der Waals surface area (Å²) >= 11 is 2.77. The highest BCUT2D eigenvalue weighted by atomic mass is 32.2. The Kier molecular flexibility index (Phi) is 5.77. The van der Waals surface area contributed by atoms with Crippen molar-refractivity contribution in [3.8, 4) is 11.5 Å². The number of amides is 1. The number of fused-ring (bicyclic) bond motifs is 1. The number of nitrogens with one attached hydrogen (secondary N) is 2. The van der Waals surface area contributed by atoms with Crippen molar-refractivity contribution >= 4 is 39.8 Å². The van der Waals surface area contributed by atoms with Gasteiger partial charge in [-0.25, -0.2) is 0 Å². The number of benzene rings is 1. The molecule has 1 amide bonds. The van der Waals surface area contributed by atoms with Crippen LogP contribution in [0.15, 0.2) is 35.2 Å². The van der Waals surface area contributed by atoms with Gasteiger partial charge in [-0.2, -0.15) is 0 Å². The van der Waals surface area contributed by atoms with E-state index in [0.717, 1.165) is 4.34 Å². The third-order valence-electron chi connectivity index (χ3n) is 3.26. The zero-order valence-corrected chi connectivity index (χ0v) is 15.3. The van der Waals surface area contributed by atoms with E-state index in [0.29, 0.717) is 42.1 Å². The van der Waals surface area contributed by atoms with Gasteiger partial charge in [0.05, 0.1) is 5.25 Å². The molecule has 1 aromatic carbocycles. The zero-order valence-electron chi connectivity index (χ0n) is 13.7. The number of carbonyl (C=O) groups is 1. The Morgan fingerprint density at radius 2 is 2.20 bits per heavy atom. The lowest BCUT2D eigenvalue weighted by Crippen LogP contribution is -2.22. The van der Waals surface area contributed by atoms with E-state index >= 15 is 0 Å². The van der Waals surface area contributed by atoms with Crippen molar-refractivity contribution in [1.29, 1.82) is 0 Å². The van der Waals surface area contributed by atoms with Gasteiger partial charge in [-0.1, -0.05) is 29.2 Å². The van der Waals surface area contributed by atoms with Crippen LogP contribution in [0.3, 0.4) is 0 Å². The molecular formula is C16H18N4O3S2. The number of ether oxygens (including phenoxy) is 2. The Hall–Kier alpha value is -2.26. The van der Waals surface area contributed by atoms with Crippen LogP contribution in [0.4, 0.5) is 10.8 Å². The summed E-state index contributed by atoms with van der Waals surface area (Å²) < 4.78 is 11.7. The fourth-order valence-electron chi connectivity index (χ4n) is 2.06. The van der Waals surface area contributed by atoms with E-state index in [1.807, 2.05) is 6.92 Å². The standard InChI is InChI=1S/C16H18N4O3S2/c1-3-6-17-15-19-20-16(25-15)24-10(2)14(21)18-11-4-5-12-13(9-11)23-8-7-22-12/h3-5,9-10H,1,6-8H2,2H3,(H,17,19)(H,18,21)/t10-/m1/s1. The Balaban J connectivity index is 1.57. The number of nitrogens with zero attached hydrogens (tertiary/aromatic N) is 2. The maximum absolute atomic E-state index is 12.4. The summed E-state index contributed by atoms with van der Waals surface area (Å²) in [5.41, 5.74) is 0.673. The maximum atomic E-state index is 12.4. The first-order valence-corrected chi connectivity index (χ1v) is 9.41. The maximum Gasteiger partial charge on any atom is 0.237 e. The lowest BCUT2D eigenvalue weighted by Gasteiger charge is -2.19. The van der Waals surface area contributed by atoms with Crippen LogP contribution < -0.4 is 20.1 Å². The minimum atomic E-state index is -0.312. The second-order valence-electron chi connectivity index (χ2n) is 5.15. The van der Waals surface area contributed by atoms with Crippen molar-refractivity contribution in [2.45, 2.75) is 16.5 Å². The first kappa shape index (κ1) is 17.6. The Morgan fingerprint density at radius 1 is 1.40 bits per heavy atom. The minimum absolute atomic E-state index is 0.113. The summed E-state index contributed by atoms with van der Waals surface area (Å²) in [4.78, 5) is 12.4. The molecule has 1 aliphatic heterocycles. The van der Waals surface area contributed by atoms with E-state index in [2.05, 4.69) is 27.4 Å². The molecule has 3 rings (SSSR count). The molecule has 1 aromatic heterocycles. The number of thioether (sulfide) groups is 1. The van der Waals surface area contributed by atoms with Crippen molar-refractivity contribution in [2.24, 2.45) is 0 Å². The average molecular weight is 378 g/mol. The second kappa shape index (κ2) is 8.21. The molecule has 9 heteroatoms. The molecule has 2 aromatic rings. The summed E-state index contributed by atoms with van der Waals surface area (Å²) in [5.74, 6) is 1.23. The van der Waals surface area contributed by atoms with Gasteiger partial charge in [0, 0.05) is 18.3 Å². The molecule has 0 saturated carbocycles. The summed E-state index contributed by atoms with van der Waals surface area (Å²) in [6, 6.07) is 5.36. The third-order valence-corrected chi connectivity index (χ3v) is 5.33. The molecule has 0 spiro atoms. The molecule has 2 heterocycles. The van der Waals surface area contributed by atoms with Gasteiger partial charge in [-0.05, 0) is 19.1 Å². The van der Waals surface area contributed by atoms with Gasteiger partial charge in [-0.15, -0.1) is 16.8 Å². The van der Waals surface area contributed by atoms with Crippen LogP contribution >= 0.6 is 23.1 Å². The summed E-state index contributed by atoms with van der Waals surface area (Å²) in [7, 11) is 0. The zero-order chi connectivity index (χ0) is 17.6. The van der Waals surface area contributed by atoms with E-state index in [1.165, 1.54) is 23.1 Å². The van der Waals surface area contributed by atoms with E-state index in [4.69, 9.17) is 9.47 Å². The summed E-state index contributed by atoms with van der Waals surface area (Å²) in [6.45, 7) is 7.14. The smallest absolute Gasteiger partial charge is 0.237 e. The number of hydrogen-bond donors (Lipinski definition) is 2. The number of aromatic nitrogens is 2. The van der Waals surface area contributed by atoms with Crippen LogP contribution in [0.5, 0.6) is 11.5 Å². The SMILES string of the molecule is C=CCNc1nnc(S[C@H](C)C(=O)Nc2ccc3c(c2)OCCO3)s1. The molecule has 2 N–H and O–H groups in total. The van der Waals surface area contributed by atoms with Crippen molar-refractivity contribution in [1.82, 2.24) is 10.2 Å². The van der Waals surface area contributed by atoms with Crippen LogP contribution in [0.1, 0.15) is 6.92 Å². The van der Waals surface area contributed by atoms with Gasteiger partial charge in [-0.3, -0.25) is 4.79 Å². The van der Waals surface area contributed by atoms with Crippen LogP contribution in [-0.2, 0) is 4.79 Å². The summed E-state index contributed by atoms with van der Waals surface area (Å²) in [6.07, 6.45) is 1.75. The largest absolute Gasteiger partial charge is 0.486 e. The predicted molar refractivity (Wildman–Crippen MR) is 100.0 cm³/mol. The Morgan fingerprint density at radius 3 is 3.00 bits per heavy atom. The normalized spacial score (nSPS) is 13.8. The first-order valence-electron chi connectivity index (χ1n) is 7.71. The monoisotopic (exact) mass is 378 g/mol. The lowest BCUT2D eigenvalue weighted by molar-refractivity contribution is -0.115. The molecule has 1 aliphatic rings. The highest BCUT2D eigenvalue weighted by molar-refractivity contribution is 8.02. The van der Waals surface area contributed by atoms with Crippen molar-refractivity contribution in [3.63, 3.8) is 0 Å². The van der Waals surface area contributed by atoms with Crippen molar-refractivity contribution in [3.05, 3.63) is 30.9 Å². The highest BCUT2D eigenvalue weighted by Gasteiger charge is 2.19. The van der Waals surface area contributed by atoms with Gasteiger partial charge in [0.2, 0.25) is 11.0 Å². The Labute approximate surface area is 153 Å². The first-order chi connectivity index (χ1) is 12.2.